The third-order valence-electron chi connectivity index (χ3n) is 9.21. The SMILES string of the molecule is CCSC(=O)O/N=C/c1ccc([C@H]2C[C@@]3(C)[C@@H](CC[C@@]3(O)CCl)[C@@H]3CCC4=CC(=O)CCC4=C32)cc1. The van der Waals surface area contributed by atoms with Gasteiger partial charge in [0.1, 0.15) is 0 Å². The fourth-order valence-corrected chi connectivity index (χ4v) is 8.13. The average Bonchev–Trinajstić information content (AvgIpc) is 3.14. The van der Waals surface area contributed by atoms with Crippen LogP contribution in [0.2, 0.25) is 0 Å². The Bertz CT molecular complexity index is 1140. The fourth-order valence-electron chi connectivity index (χ4n) is 7.36. The minimum Gasteiger partial charge on any atom is -0.388 e. The summed E-state index contributed by atoms with van der Waals surface area (Å²) >= 11 is 7.49. The number of halogens is 1. The van der Waals surface area contributed by atoms with Crippen LogP contribution in [-0.4, -0.2) is 39.6 Å². The molecule has 1 aromatic carbocycles. The van der Waals surface area contributed by atoms with Crippen molar-refractivity contribution in [2.24, 2.45) is 22.4 Å². The molecule has 7 heteroatoms. The molecular formula is C29H34ClNO4S. The molecule has 0 unspecified atom stereocenters. The van der Waals surface area contributed by atoms with E-state index in [9.17, 15) is 14.7 Å². The molecule has 5 nitrogen and oxygen atoms in total. The van der Waals surface area contributed by atoms with Crippen LogP contribution in [0.4, 0.5) is 4.79 Å². The highest BCUT2D eigenvalue weighted by Gasteiger charge is 2.62. The van der Waals surface area contributed by atoms with Crippen LogP contribution in [0.25, 0.3) is 0 Å². The Labute approximate surface area is 222 Å². The van der Waals surface area contributed by atoms with E-state index >= 15 is 0 Å². The average molecular weight is 528 g/mol. The number of hydrogen-bond acceptors (Lipinski definition) is 6. The first-order chi connectivity index (χ1) is 17.3. The zero-order chi connectivity index (χ0) is 25.5. The highest BCUT2D eigenvalue weighted by molar-refractivity contribution is 8.13. The van der Waals surface area contributed by atoms with Crippen molar-refractivity contribution in [3.8, 4) is 0 Å². The summed E-state index contributed by atoms with van der Waals surface area (Å²) < 4.78 is 0. The smallest absolute Gasteiger partial charge is 0.388 e. The number of benzene rings is 1. The van der Waals surface area contributed by atoms with Gasteiger partial charge in [-0.2, -0.15) is 0 Å². The molecule has 2 fully saturated rings. The molecule has 2 saturated carbocycles. The summed E-state index contributed by atoms with van der Waals surface area (Å²) in [7, 11) is 0. The number of nitrogens with zero attached hydrogens (tertiary/aromatic N) is 1. The number of alkyl halides is 1. The van der Waals surface area contributed by atoms with Crippen LogP contribution < -0.4 is 0 Å². The maximum absolute atomic E-state index is 12.2. The maximum atomic E-state index is 12.2. The zero-order valence-corrected chi connectivity index (χ0v) is 22.5. The highest BCUT2D eigenvalue weighted by Crippen LogP contribution is 2.66. The quantitative estimate of drug-likeness (QED) is 0.198. The zero-order valence-electron chi connectivity index (χ0n) is 21.0. The normalized spacial score (nSPS) is 33.7. The maximum Gasteiger partial charge on any atom is 0.393 e. The topological polar surface area (TPSA) is 76.0 Å². The molecule has 0 spiro atoms. The Morgan fingerprint density at radius 3 is 2.75 bits per heavy atom. The number of hydrogen-bond donors (Lipinski definition) is 1. The van der Waals surface area contributed by atoms with Crippen LogP contribution in [0.5, 0.6) is 0 Å². The monoisotopic (exact) mass is 527 g/mol. The van der Waals surface area contributed by atoms with Crippen molar-refractivity contribution in [3.05, 3.63) is 58.2 Å². The summed E-state index contributed by atoms with van der Waals surface area (Å²) in [5.74, 6) is 2.12. The molecule has 5 rings (SSSR count). The van der Waals surface area contributed by atoms with Crippen molar-refractivity contribution in [3.63, 3.8) is 0 Å². The molecule has 0 aromatic heterocycles. The van der Waals surface area contributed by atoms with Crippen LogP contribution in [0, 0.1) is 17.3 Å². The van der Waals surface area contributed by atoms with Gasteiger partial charge in [-0.15, -0.1) is 11.6 Å². The number of ketones is 1. The third kappa shape index (κ3) is 4.39. The van der Waals surface area contributed by atoms with Crippen molar-refractivity contribution >= 4 is 40.7 Å². The molecule has 1 aromatic rings. The molecular weight excluding hydrogens is 494 g/mol. The summed E-state index contributed by atoms with van der Waals surface area (Å²) in [4.78, 5) is 28.6. The van der Waals surface area contributed by atoms with Crippen LogP contribution in [0.3, 0.4) is 0 Å². The van der Waals surface area contributed by atoms with Crippen LogP contribution in [0.15, 0.2) is 52.2 Å². The number of thioether (sulfide) groups is 1. The first-order valence-electron chi connectivity index (χ1n) is 13.0. The molecule has 0 amide bonds. The number of carbonyl (C=O) groups is 2. The largest absolute Gasteiger partial charge is 0.393 e. The fraction of sp³-hybridized carbons (Fsp3) is 0.552. The molecule has 1 N–H and O–H groups in total. The predicted octanol–water partition coefficient (Wildman–Crippen LogP) is 6.78. The predicted molar refractivity (Wildman–Crippen MR) is 145 cm³/mol. The summed E-state index contributed by atoms with van der Waals surface area (Å²) in [5.41, 5.74) is 5.06. The Balaban J connectivity index is 1.51. The van der Waals surface area contributed by atoms with Gasteiger partial charge in [0.25, 0.3) is 0 Å². The molecule has 4 aliphatic carbocycles. The van der Waals surface area contributed by atoms with E-state index in [1.165, 1.54) is 22.3 Å². The number of aliphatic hydroxyl groups is 1. The van der Waals surface area contributed by atoms with Gasteiger partial charge in [-0.1, -0.05) is 48.8 Å². The molecule has 5 atom stereocenters. The molecule has 0 heterocycles. The Hall–Kier alpha value is -1.89. The van der Waals surface area contributed by atoms with Crippen LogP contribution in [0.1, 0.15) is 75.8 Å². The molecule has 0 aliphatic heterocycles. The molecule has 0 saturated heterocycles. The molecule has 4 aliphatic rings. The Kier molecular flexibility index (Phi) is 7.23. The van der Waals surface area contributed by atoms with Crippen molar-refractivity contribution < 1.29 is 19.5 Å². The lowest BCUT2D eigenvalue weighted by Gasteiger charge is -2.54. The van der Waals surface area contributed by atoms with E-state index in [-0.39, 0.29) is 23.0 Å². The summed E-state index contributed by atoms with van der Waals surface area (Å²) in [6.07, 6.45) is 9.40. The van der Waals surface area contributed by atoms with Crippen LogP contribution >= 0.6 is 23.4 Å². The minimum absolute atomic E-state index is 0.167. The second kappa shape index (κ2) is 10.1. The number of carbonyl (C=O) groups excluding carboxylic acids is 2. The lowest BCUT2D eigenvalue weighted by molar-refractivity contribution is -0.114. The van der Waals surface area contributed by atoms with E-state index in [0.29, 0.717) is 24.0 Å². The van der Waals surface area contributed by atoms with Crippen molar-refractivity contribution in [1.29, 1.82) is 0 Å². The van der Waals surface area contributed by atoms with Gasteiger partial charge in [0.05, 0.1) is 17.7 Å². The van der Waals surface area contributed by atoms with Crippen molar-refractivity contribution in [2.45, 2.75) is 70.3 Å². The van der Waals surface area contributed by atoms with Gasteiger partial charge in [-0.3, -0.25) is 4.79 Å². The summed E-state index contributed by atoms with van der Waals surface area (Å²) in [5, 5.41) is 15.0. The van der Waals surface area contributed by atoms with Gasteiger partial charge in [-0.05, 0) is 90.5 Å². The van der Waals surface area contributed by atoms with Crippen LogP contribution in [-0.2, 0) is 9.63 Å². The standard InChI is InChI=1S/C29H34ClNO4S/c1-3-36-27(33)35-31-16-18-4-6-19(7-5-18)24-15-28(2)25(12-13-29(28,34)17-30)23-10-8-20-14-21(32)9-11-22(20)26(23)24/h4-7,14,16,23-25,34H,3,8-13,15,17H2,1-2H3/b31-16+/t23-,24+,25-,28-,29+/m0/s1. The van der Waals surface area contributed by atoms with Gasteiger partial charge in [-0.25, -0.2) is 4.79 Å². The highest BCUT2D eigenvalue weighted by atomic mass is 35.5. The van der Waals surface area contributed by atoms with Gasteiger partial charge in [0.15, 0.2) is 5.78 Å². The van der Waals surface area contributed by atoms with E-state index < -0.39 is 10.9 Å². The molecule has 192 valence electrons. The molecule has 36 heavy (non-hydrogen) atoms. The lowest BCUT2D eigenvalue weighted by atomic mass is 9.51. The van der Waals surface area contributed by atoms with E-state index in [1.807, 2.05) is 25.1 Å². The van der Waals surface area contributed by atoms with Gasteiger partial charge >= 0.3 is 5.30 Å². The van der Waals surface area contributed by atoms with Gasteiger partial charge < -0.3 is 9.94 Å². The first-order valence-corrected chi connectivity index (χ1v) is 14.5. The Morgan fingerprint density at radius 2 is 2.03 bits per heavy atom. The van der Waals surface area contributed by atoms with E-state index in [4.69, 9.17) is 16.4 Å². The molecule has 0 radical (unpaired) electrons. The summed E-state index contributed by atoms with van der Waals surface area (Å²) in [6.45, 7) is 4.14. The first kappa shape index (κ1) is 25.7. The number of allylic oxidation sites excluding steroid dienone is 4. The van der Waals surface area contributed by atoms with Crippen molar-refractivity contribution in [2.75, 3.05) is 11.6 Å². The molecule has 0 bridgehead atoms. The van der Waals surface area contributed by atoms with E-state index in [2.05, 4.69) is 24.2 Å². The third-order valence-corrected chi connectivity index (χ3v) is 10.2. The minimum atomic E-state index is -0.862. The second-order valence-electron chi connectivity index (χ2n) is 10.9. The number of rotatable bonds is 5. The summed E-state index contributed by atoms with van der Waals surface area (Å²) in [6, 6.07) is 8.26. The van der Waals surface area contributed by atoms with Crippen molar-refractivity contribution in [1.82, 2.24) is 0 Å². The second-order valence-corrected chi connectivity index (χ2v) is 12.3. The Morgan fingerprint density at radius 1 is 1.25 bits per heavy atom. The van der Waals surface area contributed by atoms with Gasteiger partial charge in [0.2, 0.25) is 0 Å². The number of fused-ring (bicyclic) bond motifs is 4. The van der Waals surface area contributed by atoms with E-state index in [0.717, 1.165) is 55.9 Å². The van der Waals surface area contributed by atoms with E-state index in [1.54, 1.807) is 6.21 Å². The van der Waals surface area contributed by atoms with Gasteiger partial charge in [0, 0.05) is 23.5 Å². The lowest BCUT2D eigenvalue weighted by Crippen LogP contribution is -2.52. The number of oxime groups is 1.